The van der Waals surface area contributed by atoms with Crippen molar-refractivity contribution in [3.05, 3.63) is 54.1 Å². The van der Waals surface area contributed by atoms with E-state index in [0.29, 0.717) is 10.9 Å². The van der Waals surface area contributed by atoms with Crippen molar-refractivity contribution >= 4 is 17.7 Å². The van der Waals surface area contributed by atoms with E-state index >= 15 is 0 Å². The van der Waals surface area contributed by atoms with E-state index < -0.39 is 0 Å². The molecule has 0 aliphatic rings. The molecule has 0 aliphatic carbocycles. The first-order chi connectivity index (χ1) is 14.8. The highest BCUT2D eigenvalue weighted by molar-refractivity contribution is 7.99. The Morgan fingerprint density at radius 3 is 2.16 bits per heavy atom. The standard InChI is InChI=1S/C24H30N4O2S/c1-16(2)27(17(3)4)22(29)15-31-24-26-25-23(19-9-13-21(30-6)14-10-19)28(24)20-11-7-18(5)8-12-20/h7-14,16-17H,15H2,1-6H3. The number of hydrogen-bond acceptors (Lipinski definition) is 5. The zero-order valence-electron chi connectivity index (χ0n) is 19.0. The van der Waals surface area contributed by atoms with Crippen LogP contribution in [0.15, 0.2) is 53.7 Å². The average molecular weight is 439 g/mol. The fourth-order valence-electron chi connectivity index (χ4n) is 3.59. The first kappa shape index (κ1) is 22.9. The second-order valence-electron chi connectivity index (χ2n) is 7.98. The van der Waals surface area contributed by atoms with Gasteiger partial charge in [0.25, 0.3) is 0 Å². The molecule has 1 heterocycles. The van der Waals surface area contributed by atoms with Crippen LogP contribution in [-0.2, 0) is 4.79 Å². The summed E-state index contributed by atoms with van der Waals surface area (Å²) in [7, 11) is 1.65. The van der Waals surface area contributed by atoms with Gasteiger partial charge in [-0.25, -0.2) is 0 Å². The van der Waals surface area contributed by atoms with Gasteiger partial charge in [0.05, 0.1) is 12.9 Å². The average Bonchev–Trinajstić information content (AvgIpc) is 3.16. The maximum absolute atomic E-state index is 12.9. The van der Waals surface area contributed by atoms with Gasteiger partial charge in [-0.1, -0.05) is 29.5 Å². The maximum atomic E-state index is 12.9. The van der Waals surface area contributed by atoms with E-state index in [9.17, 15) is 4.79 Å². The second-order valence-corrected chi connectivity index (χ2v) is 8.93. The van der Waals surface area contributed by atoms with E-state index in [0.717, 1.165) is 22.8 Å². The van der Waals surface area contributed by atoms with Crippen LogP contribution in [0.3, 0.4) is 0 Å². The third kappa shape index (κ3) is 5.28. The van der Waals surface area contributed by atoms with Crippen molar-refractivity contribution in [1.82, 2.24) is 19.7 Å². The fourth-order valence-corrected chi connectivity index (χ4v) is 4.41. The molecule has 0 aliphatic heterocycles. The number of nitrogens with zero attached hydrogens (tertiary/aromatic N) is 4. The Morgan fingerprint density at radius 1 is 1.00 bits per heavy atom. The fraction of sp³-hybridized carbons (Fsp3) is 0.375. The lowest BCUT2D eigenvalue weighted by molar-refractivity contribution is -0.131. The predicted molar refractivity (Wildman–Crippen MR) is 126 cm³/mol. The Balaban J connectivity index is 1.95. The van der Waals surface area contributed by atoms with E-state index in [-0.39, 0.29) is 18.0 Å². The van der Waals surface area contributed by atoms with Gasteiger partial charge < -0.3 is 9.64 Å². The van der Waals surface area contributed by atoms with E-state index in [1.165, 1.54) is 17.3 Å². The number of carbonyl (C=O) groups is 1. The highest BCUT2D eigenvalue weighted by Crippen LogP contribution is 2.29. The van der Waals surface area contributed by atoms with Gasteiger partial charge >= 0.3 is 0 Å². The Labute approximate surface area is 188 Å². The Bertz CT molecular complexity index is 1000. The third-order valence-corrected chi connectivity index (χ3v) is 5.91. The molecular weight excluding hydrogens is 408 g/mol. The molecule has 6 nitrogen and oxygen atoms in total. The minimum absolute atomic E-state index is 0.0967. The molecule has 0 saturated carbocycles. The zero-order chi connectivity index (χ0) is 22.5. The molecule has 0 radical (unpaired) electrons. The number of benzene rings is 2. The topological polar surface area (TPSA) is 60.3 Å². The van der Waals surface area contributed by atoms with Crippen LogP contribution in [0.25, 0.3) is 17.1 Å². The number of aryl methyl sites for hydroxylation is 1. The molecule has 3 aromatic rings. The normalized spacial score (nSPS) is 11.2. The van der Waals surface area contributed by atoms with Crippen molar-refractivity contribution in [2.24, 2.45) is 0 Å². The van der Waals surface area contributed by atoms with Crippen molar-refractivity contribution in [2.75, 3.05) is 12.9 Å². The van der Waals surface area contributed by atoms with E-state index in [1.54, 1.807) is 7.11 Å². The van der Waals surface area contributed by atoms with Gasteiger partial charge in [0.15, 0.2) is 11.0 Å². The monoisotopic (exact) mass is 438 g/mol. The molecule has 0 bridgehead atoms. The van der Waals surface area contributed by atoms with Crippen LogP contribution in [0.5, 0.6) is 5.75 Å². The molecule has 3 rings (SSSR count). The van der Waals surface area contributed by atoms with Gasteiger partial charge in [-0.15, -0.1) is 10.2 Å². The molecule has 0 spiro atoms. The first-order valence-electron chi connectivity index (χ1n) is 10.4. The molecule has 2 aromatic carbocycles. The van der Waals surface area contributed by atoms with E-state index in [4.69, 9.17) is 4.74 Å². The van der Waals surface area contributed by atoms with Gasteiger partial charge in [0.2, 0.25) is 5.91 Å². The van der Waals surface area contributed by atoms with Crippen molar-refractivity contribution < 1.29 is 9.53 Å². The largest absolute Gasteiger partial charge is 0.497 e. The number of methoxy groups -OCH3 is 1. The summed E-state index contributed by atoms with van der Waals surface area (Å²) in [6, 6.07) is 16.3. The number of rotatable bonds is 8. The van der Waals surface area contributed by atoms with E-state index in [2.05, 4.69) is 29.3 Å². The number of ether oxygens (including phenoxy) is 1. The molecule has 7 heteroatoms. The molecule has 1 amide bonds. The van der Waals surface area contributed by atoms with Crippen LogP contribution in [0.4, 0.5) is 0 Å². The minimum Gasteiger partial charge on any atom is -0.497 e. The molecule has 0 unspecified atom stereocenters. The smallest absolute Gasteiger partial charge is 0.233 e. The molecule has 0 fully saturated rings. The number of aromatic nitrogens is 3. The molecule has 164 valence electrons. The Hall–Kier alpha value is -2.80. The summed E-state index contributed by atoms with van der Waals surface area (Å²) in [4.78, 5) is 14.8. The molecule has 31 heavy (non-hydrogen) atoms. The summed E-state index contributed by atoms with van der Waals surface area (Å²) in [5, 5.41) is 9.58. The van der Waals surface area contributed by atoms with Crippen LogP contribution < -0.4 is 4.74 Å². The van der Waals surface area contributed by atoms with Crippen LogP contribution >= 0.6 is 11.8 Å². The molecule has 1 aromatic heterocycles. The molecule has 0 N–H and O–H groups in total. The Morgan fingerprint density at radius 2 is 1.61 bits per heavy atom. The van der Waals surface area contributed by atoms with Gasteiger partial charge in [-0.3, -0.25) is 9.36 Å². The van der Waals surface area contributed by atoms with Crippen LogP contribution in [0, 0.1) is 6.92 Å². The summed E-state index contributed by atoms with van der Waals surface area (Å²) in [5.74, 6) is 1.92. The van der Waals surface area contributed by atoms with E-state index in [1.807, 2.05) is 73.6 Å². The van der Waals surface area contributed by atoms with Gasteiger partial charge in [-0.2, -0.15) is 0 Å². The summed E-state index contributed by atoms with van der Waals surface area (Å²) in [6.45, 7) is 10.2. The van der Waals surface area contributed by atoms with Crippen LogP contribution in [0.2, 0.25) is 0 Å². The minimum atomic E-state index is 0.0967. The predicted octanol–water partition coefficient (Wildman–Crippen LogP) is 4.99. The molecule has 0 atom stereocenters. The highest BCUT2D eigenvalue weighted by Gasteiger charge is 2.22. The third-order valence-electron chi connectivity index (χ3n) is 5.00. The van der Waals surface area contributed by atoms with Gasteiger partial charge in [0.1, 0.15) is 5.75 Å². The first-order valence-corrected chi connectivity index (χ1v) is 11.4. The zero-order valence-corrected chi connectivity index (χ0v) is 19.8. The molecular formula is C24H30N4O2S. The molecule has 0 saturated heterocycles. The summed E-state index contributed by atoms with van der Waals surface area (Å²) in [5.41, 5.74) is 3.07. The van der Waals surface area contributed by atoms with Crippen LogP contribution in [0.1, 0.15) is 33.3 Å². The lowest BCUT2D eigenvalue weighted by Gasteiger charge is -2.30. The van der Waals surface area contributed by atoms with Gasteiger partial charge in [-0.05, 0) is 71.0 Å². The number of amides is 1. The van der Waals surface area contributed by atoms with Crippen molar-refractivity contribution in [2.45, 2.75) is 51.9 Å². The maximum Gasteiger partial charge on any atom is 0.233 e. The van der Waals surface area contributed by atoms with Crippen molar-refractivity contribution in [3.8, 4) is 22.8 Å². The van der Waals surface area contributed by atoms with Crippen LogP contribution in [-0.4, -0.2) is 50.5 Å². The number of thioether (sulfide) groups is 1. The van der Waals surface area contributed by atoms with Gasteiger partial charge in [0, 0.05) is 23.3 Å². The number of carbonyl (C=O) groups excluding carboxylic acids is 1. The number of hydrogen-bond donors (Lipinski definition) is 0. The summed E-state index contributed by atoms with van der Waals surface area (Å²) < 4.78 is 7.28. The lowest BCUT2D eigenvalue weighted by atomic mass is 10.2. The quantitative estimate of drug-likeness (QED) is 0.464. The summed E-state index contributed by atoms with van der Waals surface area (Å²) >= 11 is 1.41. The van der Waals surface area contributed by atoms with Crippen molar-refractivity contribution in [1.29, 1.82) is 0 Å². The summed E-state index contributed by atoms with van der Waals surface area (Å²) in [6.07, 6.45) is 0. The second kappa shape index (κ2) is 10.0. The SMILES string of the molecule is COc1ccc(-c2nnc(SCC(=O)N(C(C)C)C(C)C)n2-c2ccc(C)cc2)cc1. The lowest BCUT2D eigenvalue weighted by Crippen LogP contribution is -2.43. The Kier molecular flexibility index (Phi) is 7.38. The highest BCUT2D eigenvalue weighted by atomic mass is 32.2. The van der Waals surface area contributed by atoms with Crippen molar-refractivity contribution in [3.63, 3.8) is 0 Å².